The van der Waals surface area contributed by atoms with E-state index < -0.39 is 5.97 Å². The van der Waals surface area contributed by atoms with Crippen LogP contribution < -0.4 is 0 Å². The van der Waals surface area contributed by atoms with Gasteiger partial charge in [0.25, 0.3) is 0 Å². The van der Waals surface area contributed by atoms with Crippen molar-refractivity contribution < 1.29 is 19.4 Å². The van der Waals surface area contributed by atoms with Crippen molar-refractivity contribution >= 4 is 17.3 Å². The summed E-state index contributed by atoms with van der Waals surface area (Å²) < 4.78 is 12.8. The van der Waals surface area contributed by atoms with Crippen molar-refractivity contribution in [1.29, 1.82) is 0 Å². The first-order valence-corrected chi connectivity index (χ1v) is 6.03. The van der Waals surface area contributed by atoms with Crippen LogP contribution in [0.4, 0.5) is 4.39 Å². The summed E-state index contributed by atoms with van der Waals surface area (Å²) in [6.07, 6.45) is 0.312. The summed E-state index contributed by atoms with van der Waals surface area (Å²) in [6, 6.07) is 5.56. The number of carbonyl (C=O) groups is 1. The molecule has 0 amide bonds. The quantitative estimate of drug-likeness (QED) is 0.890. The fraction of sp³-hybridized carbons (Fsp3) is 0.167. The lowest BCUT2D eigenvalue weighted by Gasteiger charge is -1.98. The topological polar surface area (TPSA) is 70.4 Å². The highest BCUT2D eigenvalue weighted by molar-refractivity contribution is 7.15. The van der Waals surface area contributed by atoms with Crippen molar-refractivity contribution in [2.45, 2.75) is 6.42 Å². The van der Waals surface area contributed by atoms with Crippen LogP contribution in [-0.4, -0.2) is 27.8 Å². The third-order valence-electron chi connectivity index (χ3n) is 2.31. The van der Waals surface area contributed by atoms with Gasteiger partial charge in [-0.25, -0.2) is 14.2 Å². The van der Waals surface area contributed by atoms with Crippen molar-refractivity contribution in [3.8, 4) is 10.4 Å². The third kappa shape index (κ3) is 2.55. The maximum Gasteiger partial charge on any atom is 0.356 e. The molecule has 0 atom stereocenters. The predicted octanol–water partition coefficient (Wildman–Crippen LogP) is 2.18. The van der Waals surface area contributed by atoms with Gasteiger partial charge in [0.15, 0.2) is 5.69 Å². The normalized spacial score (nSPS) is 10.6. The fourth-order valence-corrected chi connectivity index (χ4v) is 2.56. The van der Waals surface area contributed by atoms with E-state index in [0.29, 0.717) is 21.9 Å². The Morgan fingerprint density at radius 2 is 2.00 bits per heavy atom. The van der Waals surface area contributed by atoms with Crippen LogP contribution in [0.3, 0.4) is 0 Å². The summed E-state index contributed by atoms with van der Waals surface area (Å²) in [6.45, 7) is -0.0879. The number of hydrogen-bond acceptors (Lipinski definition) is 4. The van der Waals surface area contributed by atoms with Crippen LogP contribution in [0.1, 0.15) is 15.5 Å². The van der Waals surface area contributed by atoms with Crippen LogP contribution in [0.5, 0.6) is 0 Å². The van der Waals surface area contributed by atoms with E-state index in [9.17, 15) is 9.18 Å². The van der Waals surface area contributed by atoms with E-state index in [0.717, 1.165) is 0 Å². The molecule has 0 saturated heterocycles. The number of carboxylic acids is 1. The van der Waals surface area contributed by atoms with E-state index in [2.05, 4.69) is 4.98 Å². The van der Waals surface area contributed by atoms with Gasteiger partial charge in [0, 0.05) is 13.0 Å². The molecule has 0 radical (unpaired) electrons. The van der Waals surface area contributed by atoms with Crippen LogP contribution in [-0.2, 0) is 6.42 Å². The minimum atomic E-state index is -1.13. The Hall–Kier alpha value is -1.79. The number of thiazole rings is 1. The van der Waals surface area contributed by atoms with Crippen LogP contribution >= 0.6 is 11.3 Å². The molecule has 0 bridgehead atoms. The van der Waals surface area contributed by atoms with Crippen molar-refractivity contribution in [2.75, 3.05) is 6.61 Å². The van der Waals surface area contributed by atoms with Crippen LogP contribution in [0.25, 0.3) is 10.4 Å². The van der Waals surface area contributed by atoms with Gasteiger partial charge in [-0.05, 0) is 17.7 Å². The lowest BCUT2D eigenvalue weighted by molar-refractivity contribution is 0.0692. The van der Waals surface area contributed by atoms with Crippen molar-refractivity contribution in [1.82, 2.24) is 4.98 Å². The zero-order valence-electron chi connectivity index (χ0n) is 9.26. The Balaban J connectivity index is 2.47. The maximum absolute atomic E-state index is 12.8. The van der Waals surface area contributed by atoms with Gasteiger partial charge < -0.3 is 10.2 Å². The number of benzene rings is 1. The molecule has 18 heavy (non-hydrogen) atoms. The molecule has 0 unspecified atom stereocenters. The highest BCUT2D eigenvalue weighted by Crippen LogP contribution is 2.30. The monoisotopic (exact) mass is 267 g/mol. The first kappa shape index (κ1) is 12.7. The van der Waals surface area contributed by atoms with Gasteiger partial charge >= 0.3 is 5.97 Å². The van der Waals surface area contributed by atoms with Crippen LogP contribution in [0.15, 0.2) is 24.3 Å². The zero-order valence-corrected chi connectivity index (χ0v) is 10.1. The molecule has 0 aliphatic heterocycles. The molecule has 0 saturated carbocycles. The summed E-state index contributed by atoms with van der Waals surface area (Å²) in [5, 5.41) is 18.5. The van der Waals surface area contributed by atoms with Crippen molar-refractivity contribution in [3.05, 3.63) is 40.8 Å². The van der Waals surface area contributed by atoms with E-state index in [1.807, 2.05) is 0 Å². The summed E-state index contributed by atoms with van der Waals surface area (Å²) >= 11 is 1.20. The first-order valence-electron chi connectivity index (χ1n) is 5.21. The lowest BCUT2D eigenvalue weighted by Crippen LogP contribution is -1.99. The molecule has 0 aliphatic rings. The molecule has 1 aromatic carbocycles. The molecule has 1 heterocycles. The maximum atomic E-state index is 12.8. The van der Waals surface area contributed by atoms with Gasteiger partial charge in [0.2, 0.25) is 0 Å². The molecule has 2 aromatic rings. The second-order valence-electron chi connectivity index (χ2n) is 3.57. The Labute approximate surface area is 106 Å². The first-order chi connectivity index (χ1) is 8.61. The van der Waals surface area contributed by atoms with E-state index >= 15 is 0 Å². The SMILES string of the molecule is O=C(O)c1nc(CCO)sc1-c1ccc(F)cc1. The molecule has 0 fully saturated rings. The summed E-state index contributed by atoms with van der Waals surface area (Å²) in [4.78, 5) is 15.5. The predicted molar refractivity (Wildman–Crippen MR) is 65.3 cm³/mol. The van der Waals surface area contributed by atoms with Gasteiger partial charge in [0.05, 0.1) is 9.88 Å². The second-order valence-corrected chi connectivity index (χ2v) is 4.65. The van der Waals surface area contributed by atoms with Crippen LogP contribution in [0, 0.1) is 5.82 Å². The van der Waals surface area contributed by atoms with Gasteiger partial charge in [-0.1, -0.05) is 12.1 Å². The van der Waals surface area contributed by atoms with Crippen molar-refractivity contribution in [2.24, 2.45) is 0 Å². The highest BCUT2D eigenvalue weighted by Gasteiger charge is 2.18. The van der Waals surface area contributed by atoms with Gasteiger partial charge in [-0.3, -0.25) is 0 Å². The van der Waals surface area contributed by atoms with Gasteiger partial charge in [-0.2, -0.15) is 0 Å². The average molecular weight is 267 g/mol. The summed E-state index contributed by atoms with van der Waals surface area (Å²) in [5.74, 6) is -1.51. The second kappa shape index (κ2) is 5.24. The van der Waals surface area contributed by atoms with Crippen molar-refractivity contribution in [3.63, 3.8) is 0 Å². The van der Waals surface area contributed by atoms with Gasteiger partial charge in [-0.15, -0.1) is 11.3 Å². The summed E-state index contributed by atoms with van der Waals surface area (Å²) in [5.41, 5.74) is 0.547. The molecule has 0 spiro atoms. The van der Waals surface area contributed by atoms with E-state index in [1.54, 1.807) is 0 Å². The highest BCUT2D eigenvalue weighted by atomic mass is 32.1. The third-order valence-corrected chi connectivity index (χ3v) is 3.47. The average Bonchev–Trinajstić information content (AvgIpc) is 2.75. The Morgan fingerprint density at radius 3 is 2.56 bits per heavy atom. The van der Waals surface area contributed by atoms with E-state index in [-0.39, 0.29) is 18.1 Å². The van der Waals surface area contributed by atoms with E-state index in [4.69, 9.17) is 10.2 Å². The Bertz CT molecular complexity index is 565. The van der Waals surface area contributed by atoms with Gasteiger partial charge in [0.1, 0.15) is 5.82 Å². The molecule has 6 heteroatoms. The number of aromatic carboxylic acids is 1. The number of carboxylic acid groups (broad SMARTS) is 1. The minimum absolute atomic E-state index is 0.0601. The molecule has 0 aliphatic carbocycles. The minimum Gasteiger partial charge on any atom is -0.476 e. The standard InChI is InChI=1S/C12H10FNO3S/c13-8-3-1-7(2-4-8)11-10(12(16)17)14-9(18-11)5-6-15/h1-4,15H,5-6H2,(H,16,17). The molecule has 1 aromatic heterocycles. The molecule has 2 rings (SSSR count). The number of halogens is 1. The number of nitrogens with zero attached hydrogens (tertiary/aromatic N) is 1. The molecular formula is C12H10FNO3S. The van der Waals surface area contributed by atoms with E-state index in [1.165, 1.54) is 35.6 Å². The summed E-state index contributed by atoms with van der Waals surface area (Å²) in [7, 11) is 0. The zero-order chi connectivity index (χ0) is 13.1. The largest absolute Gasteiger partial charge is 0.476 e. The number of hydrogen-bond donors (Lipinski definition) is 2. The number of rotatable bonds is 4. The molecular weight excluding hydrogens is 257 g/mol. The lowest BCUT2D eigenvalue weighted by atomic mass is 10.1. The number of aromatic nitrogens is 1. The fourth-order valence-electron chi connectivity index (χ4n) is 1.51. The molecule has 4 nitrogen and oxygen atoms in total. The Morgan fingerprint density at radius 1 is 1.33 bits per heavy atom. The molecule has 2 N–H and O–H groups in total. The molecule has 94 valence electrons. The number of aliphatic hydroxyl groups excluding tert-OH is 1. The Kier molecular flexibility index (Phi) is 3.69. The smallest absolute Gasteiger partial charge is 0.356 e. The number of aliphatic hydroxyl groups is 1. The van der Waals surface area contributed by atoms with Crippen LogP contribution in [0.2, 0.25) is 0 Å².